The first kappa shape index (κ1) is 17.9. The minimum absolute atomic E-state index is 0.0710. The molecule has 25 heavy (non-hydrogen) atoms. The van der Waals surface area contributed by atoms with Gasteiger partial charge >= 0.3 is 0 Å². The quantitative estimate of drug-likeness (QED) is 0.506. The first-order valence-corrected chi connectivity index (χ1v) is 9.07. The number of piperidine rings is 1. The molecule has 1 fully saturated rings. The van der Waals surface area contributed by atoms with Crippen LogP contribution in [0.15, 0.2) is 6.33 Å². The van der Waals surface area contributed by atoms with Crippen molar-refractivity contribution in [3.05, 3.63) is 11.6 Å². The fourth-order valence-electron chi connectivity index (χ4n) is 3.17. The lowest BCUT2D eigenvalue weighted by Gasteiger charge is -2.33. The third-order valence-electron chi connectivity index (χ3n) is 4.47. The van der Waals surface area contributed by atoms with Crippen molar-refractivity contribution in [2.45, 2.75) is 32.1 Å². The summed E-state index contributed by atoms with van der Waals surface area (Å²) in [4.78, 5) is 30.1. The topological polar surface area (TPSA) is 107 Å². The number of unbranched alkanes of at least 4 members (excludes halogenated alkanes) is 2. The largest absolute Gasteiger partial charge is 0.396 e. The number of fused-ring (bicyclic) bond motifs is 1. The van der Waals surface area contributed by atoms with E-state index in [1.54, 1.807) is 6.33 Å². The zero-order chi connectivity index (χ0) is 17.6. The summed E-state index contributed by atoms with van der Waals surface area (Å²) >= 11 is 6.01. The van der Waals surface area contributed by atoms with Crippen molar-refractivity contribution in [2.75, 3.05) is 31.1 Å². The molecule has 1 aliphatic rings. The van der Waals surface area contributed by atoms with E-state index in [1.165, 1.54) is 0 Å². The van der Waals surface area contributed by atoms with Crippen molar-refractivity contribution in [3.8, 4) is 0 Å². The van der Waals surface area contributed by atoms with Crippen LogP contribution >= 0.6 is 11.6 Å². The van der Waals surface area contributed by atoms with Gasteiger partial charge in [0, 0.05) is 26.2 Å². The number of aliphatic hydroxyl groups is 1. The standard InChI is InChI=1S/C16H23ClN6O2/c17-16-21-13-12(19-10-20-13)14(22-16)23-7-4-5-11(9-23)15(25)18-6-2-1-3-8-24/h10-11,24H,1-9H2,(H,18,25)(H,19,20,21,22)/t11-/m1/s1. The Morgan fingerprint density at radius 2 is 2.28 bits per heavy atom. The van der Waals surface area contributed by atoms with Gasteiger partial charge in [-0.15, -0.1) is 0 Å². The molecule has 0 spiro atoms. The maximum absolute atomic E-state index is 12.4. The fraction of sp³-hybridized carbons (Fsp3) is 0.625. The van der Waals surface area contributed by atoms with E-state index < -0.39 is 0 Å². The van der Waals surface area contributed by atoms with Gasteiger partial charge < -0.3 is 20.3 Å². The predicted octanol–water partition coefficient (Wildman–Crippen LogP) is 1.50. The normalized spacial score (nSPS) is 17.8. The maximum Gasteiger partial charge on any atom is 0.226 e. The highest BCUT2D eigenvalue weighted by molar-refractivity contribution is 6.28. The second-order valence-corrected chi connectivity index (χ2v) is 6.62. The van der Waals surface area contributed by atoms with Gasteiger partial charge in [0.2, 0.25) is 11.2 Å². The third-order valence-corrected chi connectivity index (χ3v) is 4.63. The average Bonchev–Trinajstić information content (AvgIpc) is 3.09. The van der Waals surface area contributed by atoms with Gasteiger partial charge in [-0.3, -0.25) is 4.79 Å². The number of aromatic nitrogens is 4. The van der Waals surface area contributed by atoms with Crippen LogP contribution in [0.5, 0.6) is 0 Å². The van der Waals surface area contributed by atoms with E-state index >= 15 is 0 Å². The predicted molar refractivity (Wildman–Crippen MR) is 95.6 cm³/mol. The van der Waals surface area contributed by atoms with Gasteiger partial charge in [-0.1, -0.05) is 0 Å². The Morgan fingerprint density at radius 1 is 1.40 bits per heavy atom. The fourth-order valence-corrected chi connectivity index (χ4v) is 3.33. The van der Waals surface area contributed by atoms with E-state index in [9.17, 15) is 4.79 Å². The Labute approximate surface area is 151 Å². The third kappa shape index (κ3) is 4.38. The SMILES string of the molecule is O=C(NCCCCCO)[C@@H]1CCCN(c2nc(Cl)nc3nc[nH]c23)C1. The van der Waals surface area contributed by atoms with E-state index in [-0.39, 0.29) is 23.7 Å². The smallest absolute Gasteiger partial charge is 0.226 e. The van der Waals surface area contributed by atoms with E-state index in [0.717, 1.165) is 44.2 Å². The monoisotopic (exact) mass is 366 g/mol. The van der Waals surface area contributed by atoms with Crippen LogP contribution in [0.1, 0.15) is 32.1 Å². The van der Waals surface area contributed by atoms with Gasteiger partial charge in [0.05, 0.1) is 12.2 Å². The summed E-state index contributed by atoms with van der Waals surface area (Å²) in [5.41, 5.74) is 1.28. The molecule has 136 valence electrons. The summed E-state index contributed by atoms with van der Waals surface area (Å²) in [6, 6.07) is 0. The minimum atomic E-state index is -0.0710. The highest BCUT2D eigenvalue weighted by Crippen LogP contribution is 2.27. The van der Waals surface area contributed by atoms with Crippen molar-refractivity contribution >= 4 is 34.5 Å². The molecule has 1 atom stereocenters. The molecule has 1 saturated heterocycles. The summed E-state index contributed by atoms with van der Waals surface area (Å²) in [5, 5.41) is 11.9. The highest BCUT2D eigenvalue weighted by atomic mass is 35.5. The number of imidazole rings is 1. The Balaban J connectivity index is 1.62. The molecule has 1 aliphatic heterocycles. The molecule has 3 heterocycles. The highest BCUT2D eigenvalue weighted by Gasteiger charge is 2.28. The number of carbonyl (C=O) groups excluding carboxylic acids is 1. The number of hydrogen-bond donors (Lipinski definition) is 3. The molecule has 0 unspecified atom stereocenters. The lowest BCUT2D eigenvalue weighted by molar-refractivity contribution is -0.125. The lowest BCUT2D eigenvalue weighted by atomic mass is 9.97. The van der Waals surface area contributed by atoms with Crippen LogP contribution in [0.25, 0.3) is 11.2 Å². The average molecular weight is 367 g/mol. The molecule has 0 saturated carbocycles. The number of nitrogens with one attached hydrogen (secondary N) is 2. The first-order valence-electron chi connectivity index (χ1n) is 8.69. The molecule has 8 nitrogen and oxygen atoms in total. The zero-order valence-electron chi connectivity index (χ0n) is 14.0. The first-order chi connectivity index (χ1) is 12.2. The van der Waals surface area contributed by atoms with Gasteiger partial charge in [0.25, 0.3) is 0 Å². The van der Waals surface area contributed by atoms with Crippen LogP contribution in [0.3, 0.4) is 0 Å². The molecule has 0 aliphatic carbocycles. The van der Waals surface area contributed by atoms with Crippen LogP contribution in [-0.2, 0) is 4.79 Å². The van der Waals surface area contributed by atoms with Crippen LogP contribution < -0.4 is 10.2 Å². The molecular weight excluding hydrogens is 344 g/mol. The van der Waals surface area contributed by atoms with Crippen molar-refractivity contribution in [1.82, 2.24) is 25.3 Å². The lowest BCUT2D eigenvalue weighted by Crippen LogP contribution is -2.43. The molecule has 0 radical (unpaired) electrons. The Bertz CT molecular complexity index is 722. The molecule has 3 N–H and O–H groups in total. The number of nitrogens with zero attached hydrogens (tertiary/aromatic N) is 4. The summed E-state index contributed by atoms with van der Waals surface area (Å²) in [6.07, 6.45) is 5.94. The van der Waals surface area contributed by atoms with Crippen molar-refractivity contribution in [2.24, 2.45) is 5.92 Å². The van der Waals surface area contributed by atoms with E-state index in [4.69, 9.17) is 16.7 Å². The van der Waals surface area contributed by atoms with Crippen LogP contribution in [0, 0.1) is 5.92 Å². The minimum Gasteiger partial charge on any atom is -0.396 e. The Kier molecular flexibility index (Phi) is 6.04. The van der Waals surface area contributed by atoms with E-state index in [1.807, 2.05) is 0 Å². The number of aromatic amines is 1. The molecule has 9 heteroatoms. The van der Waals surface area contributed by atoms with Gasteiger partial charge in [0.15, 0.2) is 11.5 Å². The molecule has 1 amide bonds. The molecule has 2 aromatic heterocycles. The molecule has 0 aromatic carbocycles. The number of halogens is 1. The second kappa shape index (κ2) is 8.44. The van der Waals surface area contributed by atoms with E-state index in [0.29, 0.717) is 24.6 Å². The number of hydrogen-bond acceptors (Lipinski definition) is 6. The van der Waals surface area contributed by atoms with Crippen LogP contribution in [0.4, 0.5) is 5.82 Å². The van der Waals surface area contributed by atoms with E-state index in [2.05, 4.69) is 30.2 Å². The Morgan fingerprint density at radius 3 is 3.12 bits per heavy atom. The summed E-state index contributed by atoms with van der Waals surface area (Å²) in [7, 11) is 0. The number of carbonyl (C=O) groups is 1. The van der Waals surface area contributed by atoms with Gasteiger partial charge in [0.1, 0.15) is 5.52 Å². The summed E-state index contributed by atoms with van der Waals surface area (Å²) in [6.45, 7) is 2.28. The van der Waals surface area contributed by atoms with Gasteiger partial charge in [-0.05, 0) is 43.7 Å². The number of anilines is 1. The number of rotatable bonds is 7. The van der Waals surface area contributed by atoms with Crippen molar-refractivity contribution in [1.29, 1.82) is 0 Å². The van der Waals surface area contributed by atoms with Crippen molar-refractivity contribution in [3.63, 3.8) is 0 Å². The van der Waals surface area contributed by atoms with Crippen LogP contribution in [0.2, 0.25) is 5.28 Å². The molecular formula is C16H23ClN6O2. The Hall–Kier alpha value is -1.93. The summed E-state index contributed by atoms with van der Waals surface area (Å²) < 4.78 is 0. The number of H-pyrrole nitrogens is 1. The summed E-state index contributed by atoms with van der Waals surface area (Å²) in [5.74, 6) is 0.709. The van der Waals surface area contributed by atoms with Crippen molar-refractivity contribution < 1.29 is 9.90 Å². The molecule has 3 rings (SSSR count). The van der Waals surface area contributed by atoms with Crippen LogP contribution in [-0.4, -0.2) is 57.2 Å². The van der Waals surface area contributed by atoms with Gasteiger partial charge in [-0.2, -0.15) is 9.97 Å². The van der Waals surface area contributed by atoms with Gasteiger partial charge in [-0.25, -0.2) is 4.98 Å². The number of amides is 1. The molecule has 2 aromatic rings. The zero-order valence-corrected chi connectivity index (χ0v) is 14.8. The number of aliphatic hydroxyl groups excluding tert-OH is 1. The second-order valence-electron chi connectivity index (χ2n) is 6.28. The molecule has 0 bridgehead atoms. The maximum atomic E-state index is 12.4.